The number of imidazole rings is 1. The first-order valence-electron chi connectivity index (χ1n) is 4.61. The van der Waals surface area contributed by atoms with E-state index in [-0.39, 0.29) is 0 Å². The summed E-state index contributed by atoms with van der Waals surface area (Å²) in [6.45, 7) is 6.60. The SMILES string of the molecule is Cc1c(C)c2[c-](c1C)[n+](C)cn2C. The van der Waals surface area contributed by atoms with Crippen molar-refractivity contribution in [3.63, 3.8) is 0 Å². The Morgan fingerprint density at radius 2 is 1.85 bits per heavy atom. The first-order chi connectivity index (χ1) is 6.04. The first-order valence-corrected chi connectivity index (χ1v) is 4.61. The number of nitrogens with zero attached hydrogens (tertiary/aromatic N) is 2. The van der Waals surface area contributed by atoms with Gasteiger partial charge in [0, 0.05) is 0 Å². The van der Waals surface area contributed by atoms with Crippen LogP contribution < -0.4 is 4.57 Å². The highest BCUT2D eigenvalue weighted by Crippen LogP contribution is 2.26. The Balaban J connectivity index is 3.05. The fraction of sp³-hybridized carbons (Fsp3) is 0.455. The zero-order valence-electron chi connectivity index (χ0n) is 8.97. The lowest BCUT2D eigenvalue weighted by molar-refractivity contribution is -0.645. The van der Waals surface area contributed by atoms with E-state index in [2.05, 4.69) is 50.3 Å². The van der Waals surface area contributed by atoms with E-state index in [1.807, 2.05) is 0 Å². The first kappa shape index (κ1) is 8.42. The maximum absolute atomic E-state index is 2.20. The molecule has 13 heavy (non-hydrogen) atoms. The Morgan fingerprint density at radius 3 is 2.38 bits per heavy atom. The third-order valence-electron chi connectivity index (χ3n) is 3.11. The Morgan fingerprint density at radius 1 is 1.23 bits per heavy atom. The molecule has 2 aromatic rings. The van der Waals surface area contributed by atoms with Gasteiger partial charge in [0.2, 0.25) is 0 Å². The van der Waals surface area contributed by atoms with Gasteiger partial charge in [-0.15, -0.1) is 11.1 Å². The molecule has 70 valence electrons. The Kier molecular flexibility index (Phi) is 1.56. The van der Waals surface area contributed by atoms with Crippen LogP contribution in [0, 0.1) is 20.8 Å². The second kappa shape index (κ2) is 2.41. The van der Waals surface area contributed by atoms with Gasteiger partial charge < -0.3 is 4.57 Å². The summed E-state index contributed by atoms with van der Waals surface area (Å²) in [5, 5.41) is 0. The Hall–Kier alpha value is -1.18. The lowest BCUT2D eigenvalue weighted by Crippen LogP contribution is -2.25. The zero-order chi connectivity index (χ0) is 9.75. The number of hydrogen-bond acceptors (Lipinski definition) is 0. The number of aromatic nitrogens is 2. The van der Waals surface area contributed by atoms with Gasteiger partial charge in [-0.25, -0.2) is 0 Å². The molecule has 0 unspecified atom stereocenters. The molecule has 0 amide bonds. The third kappa shape index (κ3) is 0.886. The fourth-order valence-corrected chi connectivity index (χ4v) is 2.23. The molecule has 0 aliphatic heterocycles. The van der Waals surface area contributed by atoms with Crippen LogP contribution in [0.25, 0.3) is 11.0 Å². The molecule has 0 bridgehead atoms. The number of hydrogen-bond donors (Lipinski definition) is 0. The van der Waals surface area contributed by atoms with Crippen molar-refractivity contribution < 1.29 is 4.57 Å². The highest BCUT2D eigenvalue weighted by atomic mass is 15.1. The molecule has 0 aliphatic carbocycles. The van der Waals surface area contributed by atoms with Crippen LogP contribution in [0.2, 0.25) is 0 Å². The molecule has 2 heteroatoms. The average Bonchev–Trinajstić information content (AvgIpc) is 2.47. The monoisotopic (exact) mass is 176 g/mol. The van der Waals surface area contributed by atoms with Crippen molar-refractivity contribution >= 4 is 11.0 Å². The van der Waals surface area contributed by atoms with Crippen LogP contribution in [0.4, 0.5) is 0 Å². The van der Waals surface area contributed by atoms with E-state index < -0.39 is 0 Å². The van der Waals surface area contributed by atoms with Gasteiger partial charge in [-0.05, 0) is 0 Å². The molecule has 2 rings (SSSR count). The summed E-state index contributed by atoms with van der Waals surface area (Å²) >= 11 is 0. The van der Waals surface area contributed by atoms with Crippen molar-refractivity contribution in [2.24, 2.45) is 14.1 Å². The van der Waals surface area contributed by atoms with Crippen LogP contribution in [0.5, 0.6) is 0 Å². The van der Waals surface area contributed by atoms with Crippen molar-refractivity contribution in [2.45, 2.75) is 20.8 Å². The zero-order valence-corrected chi connectivity index (χ0v) is 8.97. The summed E-state index contributed by atoms with van der Waals surface area (Å²) in [6.07, 6.45) is 2.13. The summed E-state index contributed by atoms with van der Waals surface area (Å²) in [6, 6.07) is 0. The van der Waals surface area contributed by atoms with E-state index in [0.29, 0.717) is 0 Å². The molecular weight excluding hydrogens is 160 g/mol. The van der Waals surface area contributed by atoms with E-state index in [1.165, 1.54) is 27.7 Å². The molecule has 1 aromatic heterocycles. The standard InChI is InChI=1S/C11H16N2/c1-7-8(2)10-11(9(7)3)13(5)6-12(10)4/h6H,1-5H3. The lowest BCUT2D eigenvalue weighted by atomic mass is 10.2. The van der Waals surface area contributed by atoms with Gasteiger partial charge in [0.1, 0.15) is 0 Å². The van der Waals surface area contributed by atoms with Gasteiger partial charge in [-0.1, -0.05) is 26.3 Å². The molecule has 0 saturated heterocycles. The highest BCUT2D eigenvalue weighted by Gasteiger charge is 2.11. The number of rotatable bonds is 0. The number of fused-ring (bicyclic) bond motifs is 1. The summed E-state index contributed by atoms with van der Waals surface area (Å²) in [7, 11) is 4.21. The Labute approximate surface area is 78.8 Å². The predicted octanol–water partition coefficient (Wildman–Crippen LogP) is 1.65. The van der Waals surface area contributed by atoms with Gasteiger partial charge in [0.15, 0.2) is 6.33 Å². The molecule has 0 saturated carbocycles. The van der Waals surface area contributed by atoms with Crippen LogP contribution >= 0.6 is 0 Å². The van der Waals surface area contributed by atoms with Gasteiger partial charge >= 0.3 is 0 Å². The molecule has 0 fully saturated rings. The molecule has 0 aliphatic rings. The maximum atomic E-state index is 2.20. The Bertz CT molecular complexity index is 431. The summed E-state index contributed by atoms with van der Waals surface area (Å²) in [5.74, 6) is 0. The average molecular weight is 176 g/mol. The minimum atomic E-state index is 1.37. The minimum Gasteiger partial charge on any atom is -0.313 e. The smallest absolute Gasteiger partial charge is 0.172 e. The topological polar surface area (TPSA) is 8.81 Å². The van der Waals surface area contributed by atoms with Crippen molar-refractivity contribution in [3.8, 4) is 0 Å². The van der Waals surface area contributed by atoms with E-state index in [4.69, 9.17) is 0 Å². The van der Waals surface area contributed by atoms with E-state index in [0.717, 1.165) is 0 Å². The summed E-state index contributed by atoms with van der Waals surface area (Å²) in [5.41, 5.74) is 7.00. The maximum Gasteiger partial charge on any atom is 0.172 e. The fourth-order valence-electron chi connectivity index (χ4n) is 2.23. The normalized spacial score (nSPS) is 11.5. The predicted molar refractivity (Wildman–Crippen MR) is 53.9 cm³/mol. The van der Waals surface area contributed by atoms with Gasteiger partial charge in [-0.2, -0.15) is 0 Å². The minimum absolute atomic E-state index is 1.37. The largest absolute Gasteiger partial charge is 0.313 e. The second-order valence-corrected chi connectivity index (χ2v) is 3.91. The van der Waals surface area contributed by atoms with Crippen molar-refractivity contribution in [2.75, 3.05) is 0 Å². The molecule has 0 atom stereocenters. The van der Waals surface area contributed by atoms with Crippen LogP contribution in [0.15, 0.2) is 6.33 Å². The van der Waals surface area contributed by atoms with E-state index in [1.54, 1.807) is 0 Å². The van der Waals surface area contributed by atoms with E-state index >= 15 is 0 Å². The van der Waals surface area contributed by atoms with Crippen molar-refractivity contribution in [3.05, 3.63) is 23.0 Å². The van der Waals surface area contributed by atoms with Gasteiger partial charge in [0.05, 0.1) is 25.1 Å². The van der Waals surface area contributed by atoms with E-state index in [9.17, 15) is 0 Å². The quantitative estimate of drug-likeness (QED) is 0.426. The van der Waals surface area contributed by atoms with Crippen LogP contribution in [0.1, 0.15) is 16.7 Å². The van der Waals surface area contributed by atoms with Crippen molar-refractivity contribution in [1.29, 1.82) is 0 Å². The van der Waals surface area contributed by atoms with Crippen LogP contribution in [0.3, 0.4) is 0 Å². The molecule has 1 aromatic carbocycles. The lowest BCUT2D eigenvalue weighted by Gasteiger charge is -2.00. The molecule has 1 heterocycles. The third-order valence-corrected chi connectivity index (χ3v) is 3.11. The molecule has 2 nitrogen and oxygen atoms in total. The van der Waals surface area contributed by atoms with Crippen LogP contribution in [-0.2, 0) is 14.1 Å². The highest BCUT2D eigenvalue weighted by molar-refractivity contribution is 5.84. The van der Waals surface area contributed by atoms with Gasteiger partial charge in [0.25, 0.3) is 0 Å². The molecule has 0 N–H and O–H groups in total. The number of aryl methyl sites for hydroxylation is 4. The van der Waals surface area contributed by atoms with Crippen molar-refractivity contribution in [1.82, 2.24) is 4.57 Å². The molecule has 0 spiro atoms. The molecular formula is C11H16N2. The van der Waals surface area contributed by atoms with Crippen LogP contribution in [-0.4, -0.2) is 4.57 Å². The summed E-state index contributed by atoms with van der Waals surface area (Å²) < 4.78 is 4.40. The summed E-state index contributed by atoms with van der Waals surface area (Å²) in [4.78, 5) is 0. The second-order valence-electron chi connectivity index (χ2n) is 3.91. The van der Waals surface area contributed by atoms with Gasteiger partial charge in [-0.3, -0.25) is 4.57 Å². The molecule has 0 radical (unpaired) electrons.